The Morgan fingerprint density at radius 1 is 0.826 bits per heavy atom. The molecule has 0 heterocycles. The number of rotatable bonds is 15. The second-order valence-corrected chi connectivity index (χ2v) is 9.09. The Bertz CT molecular complexity index is 328. The maximum absolute atomic E-state index is 10.8. The van der Waals surface area contributed by atoms with Crippen molar-refractivity contribution < 1.29 is 22.9 Å². The van der Waals surface area contributed by atoms with Crippen molar-refractivity contribution in [2.45, 2.75) is 38.1 Å². The Labute approximate surface area is 149 Å². The number of carbonyl (C=O) groups is 2. The summed E-state index contributed by atoms with van der Waals surface area (Å²) in [6.07, 6.45) is 2.92. The molecule has 0 N–H and O–H groups in total. The zero-order valence-electron chi connectivity index (χ0n) is 14.1. The van der Waals surface area contributed by atoms with E-state index in [0.29, 0.717) is 31.7 Å². The molecule has 0 unspecified atom stereocenters. The minimum Gasteiger partial charge on any atom is -0.377 e. The SMILES string of the molecule is CO[Si](CCCN(CCCC(=O)Cl)CCCC(=O)Cl)(OC)OC. The Balaban J connectivity index is 4.31. The summed E-state index contributed by atoms with van der Waals surface area (Å²) < 4.78 is 16.2. The fourth-order valence-electron chi connectivity index (χ4n) is 2.29. The average molecular weight is 388 g/mol. The van der Waals surface area contributed by atoms with E-state index < -0.39 is 8.80 Å². The van der Waals surface area contributed by atoms with Crippen LogP contribution < -0.4 is 0 Å². The number of hydrogen-bond donors (Lipinski definition) is 0. The Hall–Kier alpha value is -0.0231. The van der Waals surface area contributed by atoms with Crippen molar-refractivity contribution >= 4 is 42.5 Å². The molecule has 0 spiro atoms. The largest absolute Gasteiger partial charge is 0.500 e. The van der Waals surface area contributed by atoms with Gasteiger partial charge in [0, 0.05) is 40.2 Å². The predicted molar refractivity (Wildman–Crippen MR) is 92.8 cm³/mol. The Morgan fingerprint density at radius 3 is 1.57 bits per heavy atom. The first-order chi connectivity index (χ1) is 10.9. The van der Waals surface area contributed by atoms with Crippen LogP contribution in [0.15, 0.2) is 0 Å². The maximum atomic E-state index is 10.8. The summed E-state index contributed by atoms with van der Waals surface area (Å²) in [7, 11) is 2.22. The third-order valence-corrected chi connectivity index (χ3v) is 6.80. The molecule has 9 heteroatoms. The van der Waals surface area contributed by atoms with Gasteiger partial charge in [0.05, 0.1) is 0 Å². The molecule has 0 aliphatic heterocycles. The highest BCUT2D eigenvalue weighted by Crippen LogP contribution is 2.16. The van der Waals surface area contributed by atoms with Gasteiger partial charge in [-0.3, -0.25) is 9.59 Å². The van der Waals surface area contributed by atoms with E-state index in [1.807, 2.05) is 0 Å². The van der Waals surface area contributed by atoms with Gasteiger partial charge in [0.25, 0.3) is 0 Å². The molecular weight excluding hydrogens is 361 g/mol. The summed E-state index contributed by atoms with van der Waals surface area (Å²) in [6.45, 7) is 2.30. The molecule has 0 saturated carbocycles. The molecule has 0 aliphatic rings. The van der Waals surface area contributed by atoms with Crippen molar-refractivity contribution in [3.8, 4) is 0 Å². The normalized spacial score (nSPS) is 11.9. The van der Waals surface area contributed by atoms with Gasteiger partial charge in [0.2, 0.25) is 10.5 Å². The molecule has 0 aromatic rings. The molecule has 0 rings (SSSR count). The Kier molecular flexibility index (Phi) is 13.3. The molecular formula is C14H27Cl2NO5Si. The Morgan fingerprint density at radius 2 is 1.22 bits per heavy atom. The monoisotopic (exact) mass is 387 g/mol. The van der Waals surface area contributed by atoms with Crippen LogP contribution in [-0.4, -0.2) is 65.2 Å². The molecule has 6 nitrogen and oxygen atoms in total. The topological polar surface area (TPSA) is 65.1 Å². The van der Waals surface area contributed by atoms with Gasteiger partial charge in [-0.1, -0.05) is 0 Å². The zero-order chi connectivity index (χ0) is 17.7. The molecule has 0 radical (unpaired) electrons. The van der Waals surface area contributed by atoms with Crippen molar-refractivity contribution in [2.75, 3.05) is 41.0 Å². The number of halogens is 2. The summed E-state index contributed by atoms with van der Waals surface area (Å²) >= 11 is 10.7. The van der Waals surface area contributed by atoms with E-state index in [0.717, 1.165) is 26.1 Å². The lowest BCUT2D eigenvalue weighted by atomic mass is 10.2. The predicted octanol–water partition coefficient (Wildman–Crippen LogP) is 2.65. The lowest BCUT2D eigenvalue weighted by molar-refractivity contribution is -0.112. The average Bonchev–Trinajstić information content (AvgIpc) is 2.51. The fourth-order valence-corrected chi connectivity index (χ4v) is 4.26. The van der Waals surface area contributed by atoms with Crippen molar-refractivity contribution in [2.24, 2.45) is 0 Å². The van der Waals surface area contributed by atoms with Gasteiger partial charge in [0.1, 0.15) is 0 Å². The third kappa shape index (κ3) is 11.2. The highest BCUT2D eigenvalue weighted by Gasteiger charge is 2.36. The van der Waals surface area contributed by atoms with Gasteiger partial charge >= 0.3 is 8.80 Å². The van der Waals surface area contributed by atoms with E-state index in [9.17, 15) is 9.59 Å². The zero-order valence-corrected chi connectivity index (χ0v) is 16.6. The van der Waals surface area contributed by atoms with Crippen LogP contribution in [0.5, 0.6) is 0 Å². The lowest BCUT2D eigenvalue weighted by Crippen LogP contribution is -2.43. The van der Waals surface area contributed by atoms with Crippen LogP contribution in [0.25, 0.3) is 0 Å². The van der Waals surface area contributed by atoms with Crippen molar-refractivity contribution in [1.82, 2.24) is 4.90 Å². The molecule has 0 aromatic heterocycles. The van der Waals surface area contributed by atoms with Crippen molar-refractivity contribution in [1.29, 1.82) is 0 Å². The first-order valence-corrected chi connectivity index (χ1v) is 10.3. The maximum Gasteiger partial charge on any atom is 0.500 e. The van der Waals surface area contributed by atoms with Gasteiger partial charge in [-0.25, -0.2) is 0 Å². The summed E-state index contributed by atoms with van der Waals surface area (Å²) in [4.78, 5) is 23.9. The van der Waals surface area contributed by atoms with Crippen LogP contribution in [0.1, 0.15) is 32.1 Å². The van der Waals surface area contributed by atoms with E-state index in [4.69, 9.17) is 36.5 Å². The quantitative estimate of drug-likeness (QED) is 0.317. The lowest BCUT2D eigenvalue weighted by Gasteiger charge is -2.26. The van der Waals surface area contributed by atoms with Crippen molar-refractivity contribution in [3.63, 3.8) is 0 Å². The fraction of sp³-hybridized carbons (Fsp3) is 0.857. The van der Waals surface area contributed by atoms with E-state index >= 15 is 0 Å². The highest BCUT2D eigenvalue weighted by molar-refractivity contribution is 6.63. The molecule has 0 aromatic carbocycles. The summed E-state index contributed by atoms with van der Waals surface area (Å²) in [5, 5.41) is -0.657. The van der Waals surface area contributed by atoms with Gasteiger partial charge in [-0.15, -0.1) is 0 Å². The second kappa shape index (κ2) is 13.3. The standard InChI is InChI=1S/C14H27Cl2NO5Si/c1-20-23(21-2,22-3)12-6-11-17(9-4-7-13(15)18)10-5-8-14(16)19/h4-12H2,1-3H3. The van der Waals surface area contributed by atoms with Crippen LogP contribution >= 0.6 is 23.2 Å². The molecule has 0 saturated heterocycles. The first kappa shape index (κ1) is 23.0. The first-order valence-electron chi connectivity index (χ1n) is 7.63. The van der Waals surface area contributed by atoms with Crippen LogP contribution in [-0.2, 0) is 22.9 Å². The molecule has 0 atom stereocenters. The van der Waals surface area contributed by atoms with Crippen LogP contribution in [0.3, 0.4) is 0 Å². The number of nitrogens with zero attached hydrogens (tertiary/aromatic N) is 1. The smallest absolute Gasteiger partial charge is 0.377 e. The van der Waals surface area contributed by atoms with Crippen molar-refractivity contribution in [3.05, 3.63) is 0 Å². The highest BCUT2D eigenvalue weighted by atomic mass is 35.5. The minimum atomic E-state index is -2.56. The van der Waals surface area contributed by atoms with Gasteiger partial charge in [-0.2, -0.15) is 0 Å². The molecule has 0 amide bonds. The van der Waals surface area contributed by atoms with Gasteiger partial charge < -0.3 is 18.2 Å². The van der Waals surface area contributed by atoms with Crippen LogP contribution in [0.2, 0.25) is 6.04 Å². The van der Waals surface area contributed by atoms with Crippen LogP contribution in [0, 0.1) is 0 Å². The van der Waals surface area contributed by atoms with Gasteiger partial charge in [-0.05, 0) is 62.1 Å². The minimum absolute atomic E-state index is 0.328. The molecule has 0 bridgehead atoms. The molecule has 23 heavy (non-hydrogen) atoms. The van der Waals surface area contributed by atoms with E-state index in [2.05, 4.69) is 4.90 Å². The summed E-state index contributed by atoms with van der Waals surface area (Å²) in [5.41, 5.74) is 0. The molecule has 136 valence electrons. The van der Waals surface area contributed by atoms with E-state index in [-0.39, 0.29) is 10.5 Å². The number of hydrogen-bond acceptors (Lipinski definition) is 6. The van der Waals surface area contributed by atoms with Gasteiger partial charge in [0.15, 0.2) is 0 Å². The second-order valence-electron chi connectivity index (χ2n) is 5.16. The number of carbonyl (C=O) groups excluding carboxylic acids is 2. The molecule has 0 fully saturated rings. The third-order valence-electron chi connectivity index (χ3n) is 3.59. The summed E-state index contributed by atoms with van der Waals surface area (Å²) in [5.74, 6) is 0. The summed E-state index contributed by atoms with van der Waals surface area (Å²) in [6, 6.07) is 0.704. The van der Waals surface area contributed by atoms with Crippen LogP contribution in [0.4, 0.5) is 0 Å². The molecule has 0 aliphatic carbocycles. The van der Waals surface area contributed by atoms with E-state index in [1.165, 1.54) is 0 Å². The van der Waals surface area contributed by atoms with E-state index in [1.54, 1.807) is 21.3 Å².